The highest BCUT2D eigenvalue weighted by Gasteiger charge is 2.69. The van der Waals surface area contributed by atoms with Crippen LogP contribution in [0.15, 0.2) is 53.1 Å². The van der Waals surface area contributed by atoms with E-state index < -0.39 is 5.67 Å². The number of halogens is 1. The van der Waals surface area contributed by atoms with Crippen LogP contribution in [0.4, 0.5) is 10.1 Å². The zero-order chi connectivity index (χ0) is 30.1. The Morgan fingerprint density at radius 2 is 1.63 bits per heavy atom. The lowest BCUT2D eigenvalue weighted by atomic mass is 9.41. The molecular weight excluding hydrogens is 541 g/mol. The van der Waals surface area contributed by atoms with Crippen LogP contribution in [0.3, 0.4) is 0 Å². The number of hydrogen-bond acceptors (Lipinski definition) is 5. The summed E-state index contributed by atoms with van der Waals surface area (Å²) in [5.74, 6) is 2.55. The van der Waals surface area contributed by atoms with Gasteiger partial charge in [0.05, 0.1) is 6.61 Å². The number of carbonyl (C=O) groups is 1. The zero-order valence-electron chi connectivity index (χ0n) is 26.0. The predicted octanol–water partition coefficient (Wildman–Crippen LogP) is 8.34. The van der Waals surface area contributed by atoms with Gasteiger partial charge in [0.25, 0.3) is 0 Å². The maximum Gasteiger partial charge on any atom is 0.232 e. The van der Waals surface area contributed by atoms with Crippen molar-refractivity contribution in [1.82, 2.24) is 10.1 Å². The van der Waals surface area contributed by atoms with Crippen molar-refractivity contribution in [2.75, 3.05) is 18.1 Å². The molecule has 2 aromatic carbocycles. The van der Waals surface area contributed by atoms with E-state index in [2.05, 4.69) is 56.3 Å². The highest BCUT2D eigenvalue weighted by molar-refractivity contribution is 5.95. The van der Waals surface area contributed by atoms with E-state index in [9.17, 15) is 9.18 Å². The first-order valence-electron chi connectivity index (χ1n) is 16.1. The second-order valence-electron chi connectivity index (χ2n) is 15.3. The number of fused-ring (bicyclic) bond motifs is 3. The van der Waals surface area contributed by atoms with Crippen LogP contribution in [0, 0.1) is 10.8 Å². The van der Waals surface area contributed by atoms with Gasteiger partial charge in [-0.3, -0.25) is 4.79 Å². The molecule has 6 saturated carbocycles. The third kappa shape index (κ3) is 5.06. The molecule has 6 nitrogen and oxygen atoms in total. The molecule has 0 N–H and O–H groups in total. The van der Waals surface area contributed by atoms with E-state index in [-0.39, 0.29) is 27.6 Å². The molecule has 7 heteroatoms. The van der Waals surface area contributed by atoms with Crippen LogP contribution in [0.1, 0.15) is 104 Å². The van der Waals surface area contributed by atoms with Gasteiger partial charge < -0.3 is 14.2 Å². The van der Waals surface area contributed by atoms with Crippen molar-refractivity contribution in [3.63, 3.8) is 0 Å². The van der Waals surface area contributed by atoms with E-state index in [1.54, 1.807) is 0 Å². The number of aromatic nitrogens is 2. The van der Waals surface area contributed by atoms with Crippen molar-refractivity contribution >= 4 is 11.6 Å². The van der Waals surface area contributed by atoms with Gasteiger partial charge in [-0.25, -0.2) is 4.39 Å². The topological polar surface area (TPSA) is 68.5 Å². The number of rotatable bonds is 9. The van der Waals surface area contributed by atoms with Crippen molar-refractivity contribution in [2.45, 2.75) is 108 Å². The largest absolute Gasteiger partial charge is 0.494 e. The minimum atomic E-state index is -1.00. The minimum absolute atomic E-state index is 0.0293. The first-order valence-corrected chi connectivity index (χ1v) is 16.1. The van der Waals surface area contributed by atoms with E-state index in [1.807, 2.05) is 30.0 Å². The van der Waals surface area contributed by atoms with E-state index in [4.69, 9.17) is 14.2 Å². The van der Waals surface area contributed by atoms with Gasteiger partial charge in [0.1, 0.15) is 11.4 Å². The molecule has 0 aliphatic heterocycles. The number of ether oxygens (including phenoxy) is 1. The van der Waals surface area contributed by atoms with Crippen LogP contribution < -0.4 is 9.64 Å². The number of alkyl halides is 1. The summed E-state index contributed by atoms with van der Waals surface area (Å²) in [6, 6.07) is 16.5. The van der Waals surface area contributed by atoms with Gasteiger partial charge in [-0.1, -0.05) is 50.2 Å². The second kappa shape index (κ2) is 9.90. The summed E-state index contributed by atoms with van der Waals surface area (Å²) in [7, 11) is 0. The molecule has 9 rings (SSSR count). The molecule has 3 aromatic rings. The van der Waals surface area contributed by atoms with Gasteiger partial charge in [0.2, 0.25) is 11.8 Å². The first kappa shape index (κ1) is 28.5. The van der Waals surface area contributed by atoms with E-state index in [0.717, 1.165) is 66.9 Å². The van der Waals surface area contributed by atoms with Crippen LogP contribution in [-0.4, -0.2) is 34.9 Å². The lowest BCUT2D eigenvalue weighted by Gasteiger charge is -2.66. The van der Waals surface area contributed by atoms with Gasteiger partial charge in [0.15, 0.2) is 5.82 Å². The lowest BCUT2D eigenvalue weighted by molar-refractivity contribution is -0.215. The summed E-state index contributed by atoms with van der Waals surface area (Å²) < 4.78 is 25.7. The van der Waals surface area contributed by atoms with Crippen LogP contribution in [-0.2, 0) is 15.6 Å². The Hall–Kier alpha value is -3.22. The molecule has 1 amide bonds. The summed E-state index contributed by atoms with van der Waals surface area (Å²) in [6.07, 6.45) is 8.21. The third-order valence-electron chi connectivity index (χ3n) is 11.0. The standard InChI is InChI=1S/C36H44FN3O3/c1-5-42-28-11-9-25(10-12-28)26-7-6-8-27(19-26)40(29(41)20-34-21-36(37,22-34)23-34)24-33-13-16-35(17-14-33,18-15-33)30-38-31(43-39-30)32(2,3)4/h6-12,19H,5,13-18,20-24H2,1-4H3. The predicted molar refractivity (Wildman–Crippen MR) is 165 cm³/mol. The third-order valence-corrected chi connectivity index (χ3v) is 11.0. The number of carbonyl (C=O) groups excluding carboxylic acids is 1. The molecule has 0 saturated heterocycles. The molecule has 0 spiro atoms. The smallest absolute Gasteiger partial charge is 0.232 e. The summed E-state index contributed by atoms with van der Waals surface area (Å²) in [6.45, 7) is 9.62. The Kier molecular flexibility index (Phi) is 6.57. The van der Waals surface area contributed by atoms with Crippen molar-refractivity contribution in [2.24, 2.45) is 10.8 Å². The van der Waals surface area contributed by atoms with E-state index >= 15 is 0 Å². The fraction of sp³-hybridized carbons (Fsp3) is 0.583. The lowest BCUT2D eigenvalue weighted by Crippen LogP contribution is -2.65. The molecule has 6 aliphatic rings. The van der Waals surface area contributed by atoms with Crippen LogP contribution in [0.25, 0.3) is 11.1 Å². The highest BCUT2D eigenvalue weighted by Crippen LogP contribution is 2.71. The van der Waals surface area contributed by atoms with Crippen LogP contribution >= 0.6 is 0 Å². The Labute approximate surface area is 254 Å². The molecular formula is C36H44FN3O3. The van der Waals surface area contributed by atoms with Gasteiger partial charge >= 0.3 is 0 Å². The SMILES string of the molecule is CCOc1ccc(-c2cccc(N(CC34CCC(c5noc(C(C)(C)C)n5)(CC3)CC4)C(=O)CC34CC(F)(C3)C4)c2)cc1. The van der Waals surface area contributed by atoms with Crippen LogP contribution in [0.5, 0.6) is 5.75 Å². The fourth-order valence-electron chi connectivity index (χ4n) is 8.47. The second-order valence-corrected chi connectivity index (χ2v) is 15.3. The normalized spacial score (nSPS) is 30.8. The summed E-state index contributed by atoms with van der Waals surface area (Å²) in [4.78, 5) is 21.0. The molecule has 1 heterocycles. The monoisotopic (exact) mass is 585 g/mol. The molecule has 6 aliphatic carbocycles. The summed E-state index contributed by atoms with van der Waals surface area (Å²) >= 11 is 0. The van der Waals surface area contributed by atoms with Gasteiger partial charge in [0, 0.05) is 29.5 Å². The minimum Gasteiger partial charge on any atom is -0.494 e. The van der Waals surface area contributed by atoms with Crippen molar-refractivity contribution < 1.29 is 18.4 Å². The molecule has 0 radical (unpaired) electrons. The first-order chi connectivity index (χ1) is 20.4. The maximum absolute atomic E-state index is 14.4. The average molecular weight is 586 g/mol. The Balaban J connectivity index is 1.13. The molecule has 43 heavy (non-hydrogen) atoms. The summed E-state index contributed by atoms with van der Waals surface area (Å²) in [5, 5.41) is 4.46. The highest BCUT2D eigenvalue weighted by atomic mass is 19.1. The Morgan fingerprint density at radius 1 is 0.953 bits per heavy atom. The molecule has 4 bridgehead atoms. The molecule has 6 fully saturated rings. The Morgan fingerprint density at radius 3 is 2.21 bits per heavy atom. The molecule has 1 aromatic heterocycles. The molecule has 0 unspecified atom stereocenters. The van der Waals surface area contributed by atoms with Crippen molar-refractivity contribution in [3.8, 4) is 16.9 Å². The van der Waals surface area contributed by atoms with Crippen molar-refractivity contribution in [1.29, 1.82) is 0 Å². The number of anilines is 1. The fourth-order valence-corrected chi connectivity index (χ4v) is 8.47. The van der Waals surface area contributed by atoms with E-state index in [1.165, 1.54) is 0 Å². The maximum atomic E-state index is 14.4. The average Bonchev–Trinajstić information content (AvgIpc) is 3.49. The van der Waals surface area contributed by atoms with Gasteiger partial charge in [-0.2, -0.15) is 4.98 Å². The molecule has 0 atom stereocenters. The number of hydrogen-bond donors (Lipinski definition) is 0. The quantitative estimate of drug-likeness (QED) is 0.252. The molecule has 228 valence electrons. The zero-order valence-corrected chi connectivity index (χ0v) is 26.0. The van der Waals surface area contributed by atoms with E-state index in [0.29, 0.717) is 44.7 Å². The number of amides is 1. The van der Waals surface area contributed by atoms with Gasteiger partial charge in [-0.05, 0) is 111 Å². The number of benzene rings is 2. The summed E-state index contributed by atoms with van der Waals surface area (Å²) in [5.41, 5.74) is 1.82. The number of nitrogens with zero attached hydrogens (tertiary/aromatic N) is 3. The van der Waals surface area contributed by atoms with Gasteiger partial charge in [-0.15, -0.1) is 0 Å². The Bertz CT molecular complexity index is 1480. The van der Waals surface area contributed by atoms with Crippen LogP contribution in [0.2, 0.25) is 0 Å². The van der Waals surface area contributed by atoms with Crippen molar-refractivity contribution in [3.05, 3.63) is 60.2 Å².